The normalized spacial score (nSPS) is 11.7. The van der Waals surface area contributed by atoms with Gasteiger partial charge in [-0.15, -0.1) is 11.3 Å². The molecule has 7 nitrogen and oxygen atoms in total. The molecule has 0 aliphatic heterocycles. The number of halogens is 3. The van der Waals surface area contributed by atoms with Crippen molar-refractivity contribution in [2.75, 3.05) is 25.2 Å². The zero-order chi connectivity index (χ0) is 24.4. The number of sulfone groups is 1. The molecule has 174 valence electrons. The van der Waals surface area contributed by atoms with Gasteiger partial charge in [-0.25, -0.2) is 8.42 Å². The Morgan fingerprint density at radius 2 is 1.97 bits per heavy atom. The van der Waals surface area contributed by atoms with Gasteiger partial charge in [0.1, 0.15) is 10.4 Å². The summed E-state index contributed by atoms with van der Waals surface area (Å²) >= 11 is 0.844. The molecule has 0 saturated carbocycles. The van der Waals surface area contributed by atoms with Crippen LogP contribution in [0.25, 0.3) is 10.1 Å². The number of nitro benzene ring substituents is 1. The quantitative estimate of drug-likeness (QED) is 0.298. The van der Waals surface area contributed by atoms with Crippen LogP contribution >= 0.6 is 11.3 Å². The molecule has 0 atom stereocenters. The van der Waals surface area contributed by atoms with Crippen LogP contribution < -0.4 is 10.1 Å². The molecule has 3 aromatic rings. The Balaban J connectivity index is 1.92. The highest BCUT2D eigenvalue weighted by Crippen LogP contribution is 2.39. The van der Waals surface area contributed by atoms with Crippen LogP contribution in [-0.4, -0.2) is 39.4 Å². The monoisotopic (exact) mass is 498 g/mol. The smallest absolute Gasteiger partial charge is 0.393 e. The van der Waals surface area contributed by atoms with Crippen molar-refractivity contribution < 1.29 is 31.2 Å². The summed E-state index contributed by atoms with van der Waals surface area (Å²) in [6, 6.07) is 8.23. The molecule has 0 amide bonds. The van der Waals surface area contributed by atoms with Gasteiger partial charge in [-0.05, 0) is 17.7 Å². The van der Waals surface area contributed by atoms with Gasteiger partial charge in [-0.1, -0.05) is 24.0 Å². The maximum absolute atomic E-state index is 13.1. The number of alkyl halides is 3. The van der Waals surface area contributed by atoms with Crippen LogP contribution in [0, 0.1) is 22.0 Å². The van der Waals surface area contributed by atoms with E-state index in [-0.39, 0.29) is 43.4 Å². The van der Waals surface area contributed by atoms with Gasteiger partial charge in [0, 0.05) is 23.8 Å². The van der Waals surface area contributed by atoms with Crippen molar-refractivity contribution in [3.63, 3.8) is 0 Å². The number of benzene rings is 2. The van der Waals surface area contributed by atoms with E-state index >= 15 is 0 Å². The van der Waals surface area contributed by atoms with Crippen LogP contribution in [-0.2, 0) is 16.3 Å². The minimum absolute atomic E-state index is 0.0103. The fourth-order valence-electron chi connectivity index (χ4n) is 3.09. The Morgan fingerprint density at radius 3 is 2.58 bits per heavy atom. The third-order valence-electron chi connectivity index (χ3n) is 4.54. The highest BCUT2D eigenvalue weighted by Gasteiger charge is 2.32. The molecule has 1 heterocycles. The van der Waals surface area contributed by atoms with E-state index in [1.807, 2.05) is 0 Å². The van der Waals surface area contributed by atoms with Gasteiger partial charge in [0.05, 0.1) is 40.5 Å². The second kappa shape index (κ2) is 9.29. The first kappa shape index (κ1) is 24.3. The van der Waals surface area contributed by atoms with Gasteiger partial charge < -0.3 is 10.1 Å². The number of nitrogens with one attached hydrogen (secondary N) is 1. The van der Waals surface area contributed by atoms with Gasteiger partial charge in [0.25, 0.3) is 5.69 Å². The van der Waals surface area contributed by atoms with Crippen LogP contribution in [0.5, 0.6) is 5.75 Å². The lowest BCUT2D eigenvalue weighted by Gasteiger charge is -2.10. The Bertz CT molecular complexity index is 1390. The molecule has 0 bridgehead atoms. The van der Waals surface area contributed by atoms with Crippen molar-refractivity contribution in [2.24, 2.45) is 0 Å². The van der Waals surface area contributed by atoms with Crippen molar-refractivity contribution in [2.45, 2.75) is 17.5 Å². The number of hydrogen-bond donors (Lipinski definition) is 1. The predicted octanol–water partition coefficient (Wildman–Crippen LogP) is 4.79. The van der Waals surface area contributed by atoms with Crippen molar-refractivity contribution in [1.29, 1.82) is 0 Å². The van der Waals surface area contributed by atoms with Crippen molar-refractivity contribution in [1.82, 2.24) is 0 Å². The summed E-state index contributed by atoms with van der Waals surface area (Å²) in [5.74, 6) is 5.66. The van der Waals surface area contributed by atoms with E-state index in [1.165, 1.54) is 43.5 Å². The van der Waals surface area contributed by atoms with E-state index in [4.69, 9.17) is 4.74 Å². The summed E-state index contributed by atoms with van der Waals surface area (Å²) in [6.45, 7) is 0.0103. The first-order valence-electron chi connectivity index (χ1n) is 9.27. The van der Waals surface area contributed by atoms with Crippen LogP contribution in [0.1, 0.15) is 10.4 Å². The number of nitro groups is 1. The van der Waals surface area contributed by atoms with Gasteiger partial charge >= 0.3 is 6.18 Å². The average Bonchev–Trinajstić information content (AvgIpc) is 3.06. The second-order valence-corrected chi connectivity index (χ2v) is 9.94. The van der Waals surface area contributed by atoms with Gasteiger partial charge in [-0.3, -0.25) is 10.1 Å². The molecule has 0 spiro atoms. The summed E-state index contributed by atoms with van der Waals surface area (Å²) in [4.78, 5) is 10.8. The topological polar surface area (TPSA) is 98.5 Å². The number of hydrogen-bond acceptors (Lipinski definition) is 7. The van der Waals surface area contributed by atoms with E-state index in [2.05, 4.69) is 17.2 Å². The van der Waals surface area contributed by atoms with E-state index in [0.29, 0.717) is 5.69 Å². The SMILES string of the molecule is COc1cc(S(C)(=O)=O)ccc1NCC#Cc1sc2c([N+](=O)[O-])cccc2c1CC(F)(F)F. The number of anilines is 1. The third kappa shape index (κ3) is 5.74. The molecule has 0 aliphatic rings. The van der Waals surface area contributed by atoms with Crippen LogP contribution in [0.2, 0.25) is 0 Å². The third-order valence-corrected chi connectivity index (χ3v) is 6.84. The van der Waals surface area contributed by atoms with Crippen molar-refractivity contribution >= 4 is 42.6 Å². The fraction of sp³-hybridized carbons (Fsp3) is 0.238. The molecular weight excluding hydrogens is 481 g/mol. The molecular formula is C21H17F3N2O5S2. The minimum Gasteiger partial charge on any atom is -0.495 e. The molecule has 0 saturated heterocycles. The van der Waals surface area contributed by atoms with E-state index in [1.54, 1.807) is 0 Å². The summed E-state index contributed by atoms with van der Waals surface area (Å²) < 4.78 is 68.1. The first-order chi connectivity index (χ1) is 15.4. The van der Waals surface area contributed by atoms with Crippen LogP contribution in [0.4, 0.5) is 24.5 Å². The number of thiophene rings is 1. The molecule has 2 aromatic carbocycles. The summed E-state index contributed by atoms with van der Waals surface area (Å²) in [5.41, 5.74) is 0.0679. The molecule has 0 fully saturated rings. The number of rotatable bonds is 6. The fourth-order valence-corrected chi connectivity index (χ4v) is 4.91. The molecule has 1 N–H and O–H groups in total. The summed E-state index contributed by atoms with van der Waals surface area (Å²) in [5, 5.41) is 14.4. The first-order valence-corrected chi connectivity index (χ1v) is 12.0. The highest BCUT2D eigenvalue weighted by molar-refractivity contribution is 7.90. The summed E-state index contributed by atoms with van der Waals surface area (Å²) in [6.07, 6.45) is -4.71. The maximum Gasteiger partial charge on any atom is 0.393 e. The predicted molar refractivity (Wildman–Crippen MR) is 120 cm³/mol. The number of fused-ring (bicyclic) bond motifs is 1. The largest absolute Gasteiger partial charge is 0.495 e. The number of ether oxygens (including phenoxy) is 1. The molecule has 1 aromatic heterocycles. The van der Waals surface area contributed by atoms with E-state index in [9.17, 15) is 31.7 Å². The van der Waals surface area contributed by atoms with Gasteiger partial charge in [0.15, 0.2) is 9.84 Å². The van der Waals surface area contributed by atoms with Gasteiger partial charge in [0.2, 0.25) is 0 Å². The Morgan fingerprint density at radius 1 is 1.24 bits per heavy atom. The van der Waals surface area contributed by atoms with Crippen LogP contribution in [0.3, 0.4) is 0 Å². The lowest BCUT2D eigenvalue weighted by Crippen LogP contribution is -2.12. The lowest BCUT2D eigenvalue weighted by atomic mass is 10.1. The Hall–Kier alpha value is -3.30. The molecule has 0 radical (unpaired) electrons. The molecule has 0 aliphatic carbocycles. The number of non-ortho nitro benzene ring substituents is 1. The van der Waals surface area contributed by atoms with Gasteiger partial charge in [-0.2, -0.15) is 13.2 Å². The standard InChI is InChI=1S/C21H17F3N2O5S2/c1-31-18-11-13(33(2,29)30)8-9-16(18)25-10-4-7-19-15(12-21(22,23)24)14-5-3-6-17(26(27)28)20(14)32-19/h3,5-6,8-9,11,25H,10,12H2,1-2H3. The maximum atomic E-state index is 13.1. The Kier molecular flexibility index (Phi) is 6.85. The molecule has 33 heavy (non-hydrogen) atoms. The number of methoxy groups -OCH3 is 1. The molecule has 3 rings (SSSR count). The average molecular weight is 499 g/mol. The van der Waals surface area contributed by atoms with Crippen molar-refractivity contribution in [3.8, 4) is 17.6 Å². The zero-order valence-corrected chi connectivity index (χ0v) is 19.0. The zero-order valence-electron chi connectivity index (χ0n) is 17.3. The van der Waals surface area contributed by atoms with Crippen molar-refractivity contribution in [3.05, 3.63) is 57.0 Å². The minimum atomic E-state index is -4.51. The molecule has 12 heteroatoms. The lowest BCUT2D eigenvalue weighted by molar-refractivity contribution is -0.382. The van der Waals surface area contributed by atoms with E-state index < -0.39 is 27.4 Å². The van der Waals surface area contributed by atoms with Crippen LogP contribution in [0.15, 0.2) is 41.3 Å². The molecule has 0 unspecified atom stereocenters. The Labute approximate surface area is 191 Å². The summed E-state index contributed by atoms with van der Waals surface area (Å²) in [7, 11) is -2.06. The second-order valence-electron chi connectivity index (χ2n) is 6.90. The van der Waals surface area contributed by atoms with E-state index in [0.717, 1.165) is 17.6 Å². The number of nitrogens with zero attached hydrogens (tertiary/aromatic N) is 1. The highest BCUT2D eigenvalue weighted by atomic mass is 32.2.